The van der Waals surface area contributed by atoms with Gasteiger partial charge >= 0.3 is 0 Å². The molecule has 1 aromatic carbocycles. The molecule has 1 fully saturated rings. The molecule has 2 nitrogen and oxygen atoms in total. The molecule has 92 valence electrons. The number of aliphatic carboxylic acids is 1. The van der Waals surface area contributed by atoms with Crippen molar-refractivity contribution >= 4 is 5.97 Å². The zero-order valence-corrected chi connectivity index (χ0v) is 10.6. The SMILES string of the molecule is C[C@H]1[C@H](c2ccccc2)C[C@H](C(=O)[O-])C1(C)C. The van der Waals surface area contributed by atoms with Gasteiger partial charge < -0.3 is 9.90 Å². The minimum Gasteiger partial charge on any atom is -0.550 e. The quantitative estimate of drug-likeness (QED) is 0.783. The summed E-state index contributed by atoms with van der Waals surface area (Å²) in [6, 6.07) is 10.2. The molecule has 0 N–H and O–H groups in total. The molecule has 0 radical (unpaired) electrons. The highest BCUT2D eigenvalue weighted by Crippen LogP contribution is 2.54. The third kappa shape index (κ3) is 1.97. The van der Waals surface area contributed by atoms with Crippen LogP contribution in [-0.4, -0.2) is 5.97 Å². The first-order chi connectivity index (χ1) is 7.94. The van der Waals surface area contributed by atoms with Crippen LogP contribution in [-0.2, 0) is 4.79 Å². The monoisotopic (exact) mass is 231 g/mol. The molecule has 0 heterocycles. The summed E-state index contributed by atoms with van der Waals surface area (Å²) in [4.78, 5) is 11.2. The van der Waals surface area contributed by atoms with Gasteiger partial charge in [-0.1, -0.05) is 51.1 Å². The molecular weight excluding hydrogens is 212 g/mol. The molecule has 0 unspecified atom stereocenters. The van der Waals surface area contributed by atoms with Crippen molar-refractivity contribution in [2.75, 3.05) is 0 Å². The first-order valence-corrected chi connectivity index (χ1v) is 6.20. The largest absolute Gasteiger partial charge is 0.550 e. The van der Waals surface area contributed by atoms with Gasteiger partial charge in [-0.05, 0) is 29.2 Å². The van der Waals surface area contributed by atoms with Gasteiger partial charge in [-0.15, -0.1) is 0 Å². The van der Waals surface area contributed by atoms with Crippen molar-refractivity contribution < 1.29 is 9.90 Å². The molecule has 0 spiro atoms. The lowest BCUT2D eigenvalue weighted by molar-refractivity contribution is -0.314. The number of carboxylic acid groups (broad SMARTS) is 1. The van der Waals surface area contributed by atoms with E-state index in [0.29, 0.717) is 18.3 Å². The van der Waals surface area contributed by atoms with E-state index >= 15 is 0 Å². The number of carboxylic acids is 1. The van der Waals surface area contributed by atoms with Crippen molar-refractivity contribution in [3.63, 3.8) is 0 Å². The van der Waals surface area contributed by atoms with Crippen LogP contribution in [0.1, 0.15) is 38.7 Å². The van der Waals surface area contributed by atoms with Gasteiger partial charge in [0, 0.05) is 11.9 Å². The molecule has 3 atom stereocenters. The van der Waals surface area contributed by atoms with Crippen LogP contribution < -0.4 is 5.11 Å². The Morgan fingerprint density at radius 1 is 1.29 bits per heavy atom. The lowest BCUT2D eigenvalue weighted by atomic mass is 9.74. The van der Waals surface area contributed by atoms with Crippen molar-refractivity contribution in [1.29, 1.82) is 0 Å². The van der Waals surface area contributed by atoms with Crippen LogP contribution in [0.25, 0.3) is 0 Å². The lowest BCUT2D eigenvalue weighted by Gasteiger charge is -2.32. The van der Waals surface area contributed by atoms with E-state index in [2.05, 4.69) is 19.1 Å². The van der Waals surface area contributed by atoms with Crippen LogP contribution in [0.15, 0.2) is 30.3 Å². The normalized spacial score (nSPS) is 31.4. The molecule has 17 heavy (non-hydrogen) atoms. The van der Waals surface area contributed by atoms with E-state index in [1.165, 1.54) is 5.56 Å². The van der Waals surface area contributed by atoms with Crippen LogP contribution in [0.2, 0.25) is 0 Å². The second-order valence-electron chi connectivity index (χ2n) is 5.73. The van der Waals surface area contributed by atoms with E-state index in [0.717, 1.165) is 0 Å². The molecule has 2 heteroatoms. The standard InChI is InChI=1S/C15H20O2/c1-10-12(11-7-5-4-6-8-11)9-13(14(16)17)15(10,2)3/h4-8,10,12-13H,9H2,1-3H3,(H,16,17)/p-1/t10-,12+,13+/m0/s1. The van der Waals surface area contributed by atoms with Crippen molar-refractivity contribution in [2.24, 2.45) is 17.3 Å². The van der Waals surface area contributed by atoms with Gasteiger partial charge in [0.1, 0.15) is 0 Å². The Bertz CT molecular complexity index is 408. The maximum absolute atomic E-state index is 11.2. The van der Waals surface area contributed by atoms with E-state index in [1.807, 2.05) is 32.0 Å². The van der Waals surface area contributed by atoms with E-state index in [1.54, 1.807) is 0 Å². The lowest BCUT2D eigenvalue weighted by Crippen LogP contribution is -2.38. The summed E-state index contributed by atoms with van der Waals surface area (Å²) in [5, 5.41) is 11.2. The zero-order chi connectivity index (χ0) is 12.6. The van der Waals surface area contributed by atoms with Gasteiger partial charge in [0.05, 0.1) is 0 Å². The Morgan fingerprint density at radius 2 is 1.88 bits per heavy atom. The maximum Gasteiger partial charge on any atom is 0.0450 e. The smallest absolute Gasteiger partial charge is 0.0450 e. The minimum absolute atomic E-state index is 0.195. The van der Waals surface area contributed by atoms with Gasteiger partial charge in [-0.3, -0.25) is 0 Å². The van der Waals surface area contributed by atoms with Crippen molar-refractivity contribution in [2.45, 2.75) is 33.1 Å². The fourth-order valence-corrected chi connectivity index (χ4v) is 3.12. The number of rotatable bonds is 2. The Morgan fingerprint density at radius 3 is 2.35 bits per heavy atom. The van der Waals surface area contributed by atoms with Gasteiger partial charge in [0.2, 0.25) is 0 Å². The number of benzene rings is 1. The Labute approximate surface area is 103 Å². The molecule has 0 bridgehead atoms. The molecule has 1 aliphatic rings. The summed E-state index contributed by atoms with van der Waals surface area (Å²) < 4.78 is 0. The van der Waals surface area contributed by atoms with Crippen LogP contribution in [0, 0.1) is 17.3 Å². The summed E-state index contributed by atoms with van der Waals surface area (Å²) >= 11 is 0. The first-order valence-electron chi connectivity index (χ1n) is 6.20. The van der Waals surface area contributed by atoms with Crippen molar-refractivity contribution in [3.8, 4) is 0 Å². The maximum atomic E-state index is 11.2. The third-order valence-corrected chi connectivity index (χ3v) is 4.68. The average Bonchev–Trinajstić information content (AvgIpc) is 2.52. The van der Waals surface area contributed by atoms with Crippen LogP contribution in [0.5, 0.6) is 0 Å². The first kappa shape index (κ1) is 12.2. The number of carbonyl (C=O) groups excluding carboxylic acids is 1. The predicted molar refractivity (Wildman–Crippen MR) is 65.2 cm³/mol. The van der Waals surface area contributed by atoms with Crippen molar-refractivity contribution in [3.05, 3.63) is 35.9 Å². The molecule has 1 aliphatic carbocycles. The molecule has 1 saturated carbocycles. The minimum atomic E-state index is -0.903. The average molecular weight is 231 g/mol. The third-order valence-electron chi connectivity index (χ3n) is 4.68. The molecular formula is C15H19O2-. The zero-order valence-electron chi connectivity index (χ0n) is 10.6. The summed E-state index contributed by atoms with van der Waals surface area (Å²) in [5.74, 6) is -0.565. The van der Waals surface area contributed by atoms with Gasteiger partial charge in [0.15, 0.2) is 0 Å². The Balaban J connectivity index is 2.32. The van der Waals surface area contributed by atoms with Crippen LogP contribution >= 0.6 is 0 Å². The number of hydrogen-bond donors (Lipinski definition) is 0. The highest BCUT2D eigenvalue weighted by Gasteiger charge is 2.47. The summed E-state index contributed by atoms with van der Waals surface area (Å²) in [7, 11) is 0. The number of hydrogen-bond acceptors (Lipinski definition) is 2. The van der Waals surface area contributed by atoms with Crippen molar-refractivity contribution in [1.82, 2.24) is 0 Å². The molecule has 0 saturated heterocycles. The summed E-state index contributed by atoms with van der Waals surface area (Å²) in [5.41, 5.74) is 1.05. The highest BCUT2D eigenvalue weighted by atomic mass is 16.4. The number of carbonyl (C=O) groups is 1. The van der Waals surface area contributed by atoms with Crippen LogP contribution in [0.4, 0.5) is 0 Å². The molecule has 1 aromatic rings. The fourth-order valence-electron chi connectivity index (χ4n) is 3.12. The summed E-state index contributed by atoms with van der Waals surface area (Å²) in [6.07, 6.45) is 0.695. The van der Waals surface area contributed by atoms with E-state index in [9.17, 15) is 9.90 Å². The Hall–Kier alpha value is -1.31. The molecule has 0 aliphatic heterocycles. The molecule has 0 aromatic heterocycles. The second-order valence-corrected chi connectivity index (χ2v) is 5.73. The summed E-state index contributed by atoms with van der Waals surface area (Å²) in [6.45, 7) is 6.24. The topological polar surface area (TPSA) is 40.1 Å². The second kappa shape index (κ2) is 4.17. The van der Waals surface area contributed by atoms with Crippen LogP contribution in [0.3, 0.4) is 0 Å². The van der Waals surface area contributed by atoms with E-state index in [4.69, 9.17) is 0 Å². The molecule has 2 rings (SSSR count). The highest BCUT2D eigenvalue weighted by molar-refractivity contribution is 5.69. The van der Waals surface area contributed by atoms with Gasteiger partial charge in [0.25, 0.3) is 0 Å². The predicted octanol–water partition coefficient (Wildman–Crippen LogP) is 2.20. The molecule has 0 amide bonds. The fraction of sp³-hybridized carbons (Fsp3) is 0.533. The van der Waals surface area contributed by atoms with E-state index in [-0.39, 0.29) is 11.3 Å². The van der Waals surface area contributed by atoms with E-state index < -0.39 is 5.97 Å². The Kier molecular flexibility index (Phi) is 2.98. The van der Waals surface area contributed by atoms with Gasteiger partial charge in [-0.2, -0.15) is 0 Å². The van der Waals surface area contributed by atoms with Gasteiger partial charge in [-0.25, -0.2) is 0 Å².